The molecule has 2 rings (SSSR count). The van der Waals surface area contributed by atoms with E-state index in [0.717, 1.165) is 11.1 Å². The van der Waals surface area contributed by atoms with Gasteiger partial charge < -0.3 is 19.9 Å². The largest absolute Gasteiger partial charge is 0.497 e. The standard InChI is InChI=1S/C18H19NO5/c1-23-15-9-5-8-14(10-15)11-16(17(20)21)19-18(22)24-12-13-6-3-2-4-7-13/h2-10,16H,11-12H2,1H3,(H,19,22)(H,20,21)/t16-/m0/s1. The summed E-state index contributed by atoms with van der Waals surface area (Å²) in [5.41, 5.74) is 1.57. The molecule has 0 aliphatic rings. The third kappa shape index (κ3) is 5.31. The molecule has 6 nitrogen and oxygen atoms in total. The number of carboxylic acid groups (broad SMARTS) is 1. The Kier molecular flexibility index (Phi) is 6.19. The topological polar surface area (TPSA) is 84.9 Å². The van der Waals surface area contributed by atoms with Crippen LogP contribution in [0.1, 0.15) is 11.1 Å². The monoisotopic (exact) mass is 329 g/mol. The zero-order valence-corrected chi connectivity index (χ0v) is 13.3. The summed E-state index contributed by atoms with van der Waals surface area (Å²) in [7, 11) is 1.53. The fourth-order valence-corrected chi connectivity index (χ4v) is 2.14. The maximum atomic E-state index is 11.8. The number of carboxylic acids is 1. The second kappa shape index (κ2) is 8.57. The summed E-state index contributed by atoms with van der Waals surface area (Å²) in [5, 5.41) is 11.7. The molecule has 0 heterocycles. The van der Waals surface area contributed by atoms with Crippen LogP contribution in [-0.4, -0.2) is 30.3 Å². The highest BCUT2D eigenvalue weighted by molar-refractivity contribution is 5.80. The van der Waals surface area contributed by atoms with Crippen LogP contribution in [-0.2, 0) is 22.6 Å². The molecule has 1 atom stereocenters. The highest BCUT2D eigenvalue weighted by Gasteiger charge is 2.21. The van der Waals surface area contributed by atoms with Crippen molar-refractivity contribution >= 4 is 12.1 Å². The van der Waals surface area contributed by atoms with Crippen molar-refractivity contribution in [2.75, 3.05) is 7.11 Å². The number of alkyl carbamates (subject to hydrolysis) is 1. The van der Waals surface area contributed by atoms with Crippen molar-refractivity contribution in [3.8, 4) is 5.75 Å². The van der Waals surface area contributed by atoms with Crippen LogP contribution in [0.2, 0.25) is 0 Å². The number of ether oxygens (including phenoxy) is 2. The molecule has 0 unspecified atom stereocenters. The van der Waals surface area contributed by atoms with Crippen LogP contribution >= 0.6 is 0 Å². The second-order valence-electron chi connectivity index (χ2n) is 5.15. The molecule has 0 radical (unpaired) electrons. The summed E-state index contributed by atoms with van der Waals surface area (Å²) in [4.78, 5) is 23.2. The zero-order valence-electron chi connectivity index (χ0n) is 13.3. The van der Waals surface area contributed by atoms with Gasteiger partial charge in [-0.25, -0.2) is 9.59 Å². The molecule has 0 aliphatic carbocycles. The summed E-state index contributed by atoms with van der Waals surface area (Å²) < 4.78 is 10.2. The van der Waals surface area contributed by atoms with E-state index in [1.807, 2.05) is 30.3 Å². The number of carbonyl (C=O) groups excluding carboxylic acids is 1. The van der Waals surface area contributed by atoms with E-state index in [9.17, 15) is 14.7 Å². The summed E-state index contributed by atoms with van der Waals surface area (Å²) in [6.07, 6.45) is -0.637. The van der Waals surface area contributed by atoms with Gasteiger partial charge in [0.15, 0.2) is 0 Å². The van der Waals surface area contributed by atoms with Crippen molar-refractivity contribution in [1.29, 1.82) is 0 Å². The number of aliphatic carboxylic acids is 1. The van der Waals surface area contributed by atoms with Gasteiger partial charge in [-0.15, -0.1) is 0 Å². The van der Waals surface area contributed by atoms with Crippen LogP contribution in [0, 0.1) is 0 Å². The Morgan fingerprint density at radius 2 is 1.79 bits per heavy atom. The molecule has 0 spiro atoms. The Hall–Kier alpha value is -3.02. The highest BCUT2D eigenvalue weighted by atomic mass is 16.5. The summed E-state index contributed by atoms with van der Waals surface area (Å²) >= 11 is 0. The Balaban J connectivity index is 1.92. The lowest BCUT2D eigenvalue weighted by atomic mass is 10.1. The molecule has 0 bridgehead atoms. The molecular formula is C18H19NO5. The van der Waals surface area contributed by atoms with E-state index < -0.39 is 18.1 Å². The lowest BCUT2D eigenvalue weighted by Gasteiger charge is -2.15. The number of benzene rings is 2. The minimum Gasteiger partial charge on any atom is -0.497 e. The van der Waals surface area contributed by atoms with E-state index in [2.05, 4.69) is 5.32 Å². The van der Waals surface area contributed by atoms with E-state index >= 15 is 0 Å². The highest BCUT2D eigenvalue weighted by Crippen LogP contribution is 2.14. The van der Waals surface area contributed by atoms with E-state index in [1.54, 1.807) is 24.3 Å². The molecule has 0 saturated carbocycles. The van der Waals surface area contributed by atoms with Gasteiger partial charge in [-0.3, -0.25) is 0 Å². The van der Waals surface area contributed by atoms with Crippen LogP contribution in [0.15, 0.2) is 54.6 Å². The number of methoxy groups -OCH3 is 1. The molecule has 2 aromatic rings. The predicted molar refractivity (Wildman–Crippen MR) is 87.9 cm³/mol. The van der Waals surface area contributed by atoms with Crippen molar-refractivity contribution in [3.05, 3.63) is 65.7 Å². The van der Waals surface area contributed by atoms with Crippen molar-refractivity contribution in [2.45, 2.75) is 19.1 Å². The van der Waals surface area contributed by atoms with Gasteiger partial charge >= 0.3 is 12.1 Å². The van der Waals surface area contributed by atoms with E-state index in [-0.39, 0.29) is 13.0 Å². The number of hydrogen-bond acceptors (Lipinski definition) is 4. The van der Waals surface area contributed by atoms with Crippen LogP contribution in [0.5, 0.6) is 5.75 Å². The van der Waals surface area contributed by atoms with Gasteiger partial charge in [0.2, 0.25) is 0 Å². The van der Waals surface area contributed by atoms with Crippen molar-refractivity contribution in [3.63, 3.8) is 0 Å². The maximum absolute atomic E-state index is 11.8. The molecule has 0 saturated heterocycles. The number of carbonyl (C=O) groups is 2. The van der Waals surface area contributed by atoms with Crippen LogP contribution in [0.25, 0.3) is 0 Å². The second-order valence-corrected chi connectivity index (χ2v) is 5.15. The van der Waals surface area contributed by atoms with Gasteiger partial charge in [-0.2, -0.15) is 0 Å². The molecule has 0 fully saturated rings. The number of nitrogens with one attached hydrogen (secondary N) is 1. The zero-order chi connectivity index (χ0) is 17.4. The third-order valence-electron chi connectivity index (χ3n) is 3.38. The van der Waals surface area contributed by atoms with Gasteiger partial charge in [0.05, 0.1) is 7.11 Å². The van der Waals surface area contributed by atoms with Crippen molar-refractivity contribution in [2.24, 2.45) is 0 Å². The molecule has 2 aromatic carbocycles. The van der Waals surface area contributed by atoms with Gasteiger partial charge in [-0.05, 0) is 23.3 Å². The fourth-order valence-electron chi connectivity index (χ4n) is 2.14. The first-order valence-corrected chi connectivity index (χ1v) is 7.41. The molecular weight excluding hydrogens is 310 g/mol. The number of hydrogen-bond donors (Lipinski definition) is 2. The Morgan fingerprint density at radius 3 is 2.46 bits per heavy atom. The minimum absolute atomic E-state index is 0.0815. The first kappa shape index (κ1) is 17.3. The average molecular weight is 329 g/mol. The summed E-state index contributed by atoms with van der Waals surface area (Å²) in [6.45, 7) is 0.0815. The Morgan fingerprint density at radius 1 is 1.08 bits per heavy atom. The van der Waals surface area contributed by atoms with Crippen LogP contribution in [0.4, 0.5) is 4.79 Å². The average Bonchev–Trinajstić information content (AvgIpc) is 2.60. The molecule has 6 heteroatoms. The first-order chi connectivity index (χ1) is 11.6. The lowest BCUT2D eigenvalue weighted by Crippen LogP contribution is -2.42. The van der Waals surface area contributed by atoms with Gasteiger partial charge in [0.1, 0.15) is 18.4 Å². The fraction of sp³-hybridized carbons (Fsp3) is 0.222. The third-order valence-corrected chi connectivity index (χ3v) is 3.38. The quantitative estimate of drug-likeness (QED) is 0.815. The molecule has 0 aliphatic heterocycles. The normalized spacial score (nSPS) is 11.4. The number of rotatable bonds is 7. The van der Waals surface area contributed by atoms with Gasteiger partial charge in [0, 0.05) is 6.42 Å². The molecule has 2 N–H and O–H groups in total. The van der Waals surface area contributed by atoms with Crippen molar-refractivity contribution < 1.29 is 24.2 Å². The van der Waals surface area contributed by atoms with Gasteiger partial charge in [-0.1, -0.05) is 42.5 Å². The summed E-state index contributed by atoms with van der Waals surface area (Å²) in [6, 6.07) is 15.1. The Labute approximate surface area is 140 Å². The Bertz CT molecular complexity index is 687. The first-order valence-electron chi connectivity index (χ1n) is 7.41. The lowest BCUT2D eigenvalue weighted by molar-refractivity contribution is -0.139. The number of amides is 1. The maximum Gasteiger partial charge on any atom is 0.408 e. The molecule has 1 amide bonds. The van der Waals surface area contributed by atoms with E-state index in [0.29, 0.717) is 5.75 Å². The van der Waals surface area contributed by atoms with Crippen molar-refractivity contribution in [1.82, 2.24) is 5.32 Å². The SMILES string of the molecule is COc1cccc(C[C@H](NC(=O)OCc2ccccc2)C(=O)O)c1. The molecule has 126 valence electrons. The molecule has 0 aromatic heterocycles. The predicted octanol–water partition coefficient (Wildman–Crippen LogP) is 2.62. The van der Waals surface area contributed by atoms with Gasteiger partial charge in [0.25, 0.3) is 0 Å². The smallest absolute Gasteiger partial charge is 0.408 e. The minimum atomic E-state index is -1.13. The van der Waals surface area contributed by atoms with E-state index in [4.69, 9.17) is 9.47 Å². The van der Waals surface area contributed by atoms with Crippen LogP contribution < -0.4 is 10.1 Å². The summed E-state index contributed by atoms with van der Waals surface area (Å²) in [5.74, 6) is -0.502. The van der Waals surface area contributed by atoms with Crippen LogP contribution in [0.3, 0.4) is 0 Å². The van der Waals surface area contributed by atoms with E-state index in [1.165, 1.54) is 7.11 Å². The molecule has 24 heavy (non-hydrogen) atoms.